The molecule has 0 unspecified atom stereocenters. The minimum atomic E-state index is -3.75. The second-order valence-corrected chi connectivity index (χ2v) is 4.77. The van der Waals surface area contributed by atoms with E-state index < -0.39 is 10.2 Å². The largest absolute Gasteiger partial charge is 0.356 e. The molecule has 17 heavy (non-hydrogen) atoms. The molecular weight excluding hydrogens is 242 g/mol. The van der Waals surface area contributed by atoms with E-state index in [1.165, 1.54) is 0 Å². The SMILES string of the molecule is CCNC(=O)Cc1ccc(NS(N)(=O)=O)cc1. The molecule has 0 atom stereocenters. The van der Waals surface area contributed by atoms with Gasteiger partial charge in [0.05, 0.1) is 6.42 Å². The van der Waals surface area contributed by atoms with Gasteiger partial charge in [0.2, 0.25) is 5.91 Å². The van der Waals surface area contributed by atoms with Crippen molar-refractivity contribution in [1.29, 1.82) is 0 Å². The Morgan fingerprint density at radius 2 is 1.88 bits per heavy atom. The van der Waals surface area contributed by atoms with Crippen LogP contribution in [0.1, 0.15) is 12.5 Å². The average molecular weight is 257 g/mol. The normalized spacial score (nSPS) is 10.9. The van der Waals surface area contributed by atoms with Crippen LogP contribution in [-0.4, -0.2) is 20.9 Å². The second-order valence-electron chi connectivity index (χ2n) is 3.47. The molecule has 6 nitrogen and oxygen atoms in total. The van der Waals surface area contributed by atoms with Crippen LogP contribution in [0.15, 0.2) is 24.3 Å². The van der Waals surface area contributed by atoms with Gasteiger partial charge < -0.3 is 5.32 Å². The maximum atomic E-state index is 11.3. The van der Waals surface area contributed by atoms with Gasteiger partial charge in [-0.15, -0.1) is 0 Å². The van der Waals surface area contributed by atoms with Gasteiger partial charge in [-0.05, 0) is 24.6 Å². The van der Waals surface area contributed by atoms with Crippen molar-refractivity contribution in [3.8, 4) is 0 Å². The first-order valence-electron chi connectivity index (χ1n) is 5.07. The number of carbonyl (C=O) groups excluding carboxylic acids is 1. The molecule has 0 saturated carbocycles. The maximum absolute atomic E-state index is 11.3. The van der Waals surface area contributed by atoms with Gasteiger partial charge in [0.15, 0.2) is 0 Å². The maximum Gasteiger partial charge on any atom is 0.296 e. The van der Waals surface area contributed by atoms with E-state index in [2.05, 4.69) is 10.0 Å². The molecule has 0 aliphatic heterocycles. The number of hydrogen-bond acceptors (Lipinski definition) is 3. The van der Waals surface area contributed by atoms with E-state index in [1.807, 2.05) is 6.92 Å². The lowest BCUT2D eigenvalue weighted by Gasteiger charge is -2.05. The van der Waals surface area contributed by atoms with Gasteiger partial charge in [-0.1, -0.05) is 12.1 Å². The molecule has 1 amide bonds. The fraction of sp³-hybridized carbons (Fsp3) is 0.300. The molecular formula is C10H15N3O3S. The topological polar surface area (TPSA) is 101 Å². The van der Waals surface area contributed by atoms with Gasteiger partial charge in [-0.3, -0.25) is 9.52 Å². The van der Waals surface area contributed by atoms with E-state index in [-0.39, 0.29) is 12.3 Å². The Bertz CT molecular complexity index is 482. The highest BCUT2D eigenvalue weighted by molar-refractivity contribution is 7.90. The second kappa shape index (κ2) is 5.65. The summed E-state index contributed by atoms with van der Waals surface area (Å²) < 4.78 is 23.6. The molecule has 1 rings (SSSR count). The smallest absolute Gasteiger partial charge is 0.296 e. The van der Waals surface area contributed by atoms with Crippen LogP contribution in [-0.2, 0) is 21.4 Å². The number of nitrogens with two attached hydrogens (primary N) is 1. The zero-order valence-electron chi connectivity index (χ0n) is 9.43. The van der Waals surface area contributed by atoms with Gasteiger partial charge in [-0.25, -0.2) is 5.14 Å². The Kier molecular flexibility index (Phi) is 4.47. The highest BCUT2D eigenvalue weighted by Gasteiger charge is 2.04. The van der Waals surface area contributed by atoms with Gasteiger partial charge >= 0.3 is 0 Å². The molecule has 0 aliphatic carbocycles. The summed E-state index contributed by atoms with van der Waals surface area (Å²) in [6, 6.07) is 6.45. The molecule has 1 aromatic carbocycles. The Labute approximate surface area is 100 Å². The molecule has 0 aromatic heterocycles. The minimum absolute atomic E-state index is 0.0698. The predicted octanol–water partition coefficient (Wildman–Crippen LogP) is -0.0194. The van der Waals surface area contributed by atoms with Crippen LogP contribution in [0.3, 0.4) is 0 Å². The first-order chi connectivity index (χ1) is 7.90. The third-order valence-electron chi connectivity index (χ3n) is 1.95. The van der Waals surface area contributed by atoms with Crippen molar-refractivity contribution < 1.29 is 13.2 Å². The molecule has 1 aromatic rings. The molecule has 7 heteroatoms. The summed E-state index contributed by atoms with van der Waals surface area (Å²) in [6.07, 6.45) is 0.267. The van der Waals surface area contributed by atoms with Crippen molar-refractivity contribution in [2.24, 2.45) is 5.14 Å². The van der Waals surface area contributed by atoms with E-state index >= 15 is 0 Å². The van der Waals surface area contributed by atoms with Crippen molar-refractivity contribution in [2.75, 3.05) is 11.3 Å². The number of likely N-dealkylation sites (N-methyl/N-ethyl adjacent to an activating group) is 1. The highest BCUT2D eigenvalue weighted by atomic mass is 32.2. The van der Waals surface area contributed by atoms with Crippen LogP contribution in [0.5, 0.6) is 0 Å². The molecule has 0 fully saturated rings. The van der Waals surface area contributed by atoms with Crippen molar-refractivity contribution in [1.82, 2.24) is 5.32 Å². The number of hydrogen-bond donors (Lipinski definition) is 3. The van der Waals surface area contributed by atoms with Gasteiger partial charge in [0, 0.05) is 12.2 Å². The third-order valence-corrected chi connectivity index (χ3v) is 2.47. The number of rotatable bonds is 5. The molecule has 94 valence electrons. The Morgan fingerprint density at radius 1 is 1.29 bits per heavy atom. The molecule has 0 bridgehead atoms. The van der Waals surface area contributed by atoms with E-state index in [9.17, 15) is 13.2 Å². The molecule has 0 aliphatic rings. The monoisotopic (exact) mass is 257 g/mol. The van der Waals surface area contributed by atoms with Gasteiger partial charge in [0.1, 0.15) is 0 Å². The number of benzene rings is 1. The van der Waals surface area contributed by atoms with Crippen molar-refractivity contribution in [2.45, 2.75) is 13.3 Å². The van der Waals surface area contributed by atoms with Crippen LogP contribution in [0, 0.1) is 0 Å². The molecule has 0 radical (unpaired) electrons. The van der Waals surface area contributed by atoms with E-state index in [1.54, 1.807) is 24.3 Å². The zero-order valence-corrected chi connectivity index (χ0v) is 10.3. The molecule has 0 heterocycles. The first kappa shape index (κ1) is 13.5. The fourth-order valence-electron chi connectivity index (χ4n) is 1.30. The van der Waals surface area contributed by atoms with E-state index in [0.29, 0.717) is 12.2 Å². The van der Waals surface area contributed by atoms with Crippen molar-refractivity contribution >= 4 is 21.8 Å². The van der Waals surface area contributed by atoms with Crippen molar-refractivity contribution in [3.05, 3.63) is 29.8 Å². The quantitative estimate of drug-likeness (QED) is 0.691. The van der Waals surface area contributed by atoms with Crippen LogP contribution < -0.4 is 15.2 Å². The van der Waals surface area contributed by atoms with Crippen LogP contribution in [0.4, 0.5) is 5.69 Å². The Hall–Kier alpha value is -1.60. The standard InChI is InChI=1S/C10H15N3O3S/c1-2-12-10(14)7-8-3-5-9(6-4-8)13-17(11,15)16/h3-6,13H,2,7H2,1H3,(H,12,14)(H2,11,15,16). The van der Waals surface area contributed by atoms with Crippen LogP contribution in [0.25, 0.3) is 0 Å². The zero-order chi connectivity index (χ0) is 12.9. The molecule has 0 spiro atoms. The average Bonchev–Trinajstić information content (AvgIpc) is 2.19. The fourth-order valence-corrected chi connectivity index (χ4v) is 1.76. The summed E-state index contributed by atoms with van der Waals surface area (Å²) in [5.74, 6) is -0.0698. The minimum Gasteiger partial charge on any atom is -0.356 e. The summed E-state index contributed by atoms with van der Waals surface area (Å²) in [5.41, 5.74) is 1.17. The van der Waals surface area contributed by atoms with Crippen LogP contribution in [0.2, 0.25) is 0 Å². The number of anilines is 1. The summed E-state index contributed by atoms with van der Waals surface area (Å²) in [6.45, 7) is 2.43. The first-order valence-corrected chi connectivity index (χ1v) is 6.61. The van der Waals surface area contributed by atoms with E-state index in [0.717, 1.165) is 5.56 Å². The molecule has 0 saturated heterocycles. The van der Waals surface area contributed by atoms with Gasteiger partial charge in [0.25, 0.3) is 10.2 Å². The summed E-state index contributed by atoms with van der Waals surface area (Å²) >= 11 is 0. The lowest BCUT2D eigenvalue weighted by Crippen LogP contribution is -2.24. The van der Waals surface area contributed by atoms with Gasteiger partial charge in [-0.2, -0.15) is 8.42 Å². The molecule has 4 N–H and O–H groups in total. The lowest BCUT2D eigenvalue weighted by molar-refractivity contribution is -0.120. The summed E-state index contributed by atoms with van der Waals surface area (Å²) in [7, 11) is -3.75. The lowest BCUT2D eigenvalue weighted by atomic mass is 10.1. The van der Waals surface area contributed by atoms with Crippen LogP contribution >= 0.6 is 0 Å². The third kappa shape index (κ3) is 5.32. The predicted molar refractivity (Wildman–Crippen MR) is 65.6 cm³/mol. The van der Waals surface area contributed by atoms with E-state index in [4.69, 9.17) is 5.14 Å². The number of nitrogens with one attached hydrogen (secondary N) is 2. The summed E-state index contributed by atoms with van der Waals surface area (Å²) in [4.78, 5) is 11.3. The Morgan fingerprint density at radius 3 is 2.35 bits per heavy atom. The summed E-state index contributed by atoms with van der Waals surface area (Å²) in [5, 5.41) is 7.50. The highest BCUT2D eigenvalue weighted by Crippen LogP contribution is 2.10. The number of carbonyl (C=O) groups is 1. The number of amides is 1. The Balaban J connectivity index is 2.65. The van der Waals surface area contributed by atoms with Crippen molar-refractivity contribution in [3.63, 3.8) is 0 Å².